The molecule has 5 nitrogen and oxygen atoms in total. The van der Waals surface area contributed by atoms with Crippen molar-refractivity contribution in [2.24, 2.45) is 0 Å². The van der Waals surface area contributed by atoms with E-state index in [0.717, 1.165) is 4.90 Å². The average Bonchev–Trinajstić information content (AvgIpc) is 2.31. The number of aromatic hydroxyl groups is 1. The van der Waals surface area contributed by atoms with E-state index in [1.807, 2.05) is 34.7 Å². The van der Waals surface area contributed by atoms with Crippen molar-refractivity contribution < 1.29 is 9.90 Å². The van der Waals surface area contributed by atoms with E-state index < -0.39 is 5.91 Å². The van der Waals surface area contributed by atoms with Crippen LogP contribution < -0.4 is 0 Å². The van der Waals surface area contributed by atoms with Crippen molar-refractivity contribution in [3.8, 4) is 17.9 Å². The van der Waals surface area contributed by atoms with Crippen LogP contribution in [-0.2, 0) is 0 Å². The van der Waals surface area contributed by atoms with E-state index in [0.29, 0.717) is 3.57 Å². The molecule has 0 bridgehead atoms. The number of rotatable bonds is 3. The lowest BCUT2D eigenvalue weighted by Crippen LogP contribution is -2.31. The molecule has 1 aromatic rings. The zero-order chi connectivity index (χ0) is 12.8. The molecule has 0 saturated heterocycles. The van der Waals surface area contributed by atoms with E-state index in [1.165, 1.54) is 6.07 Å². The fourth-order valence-corrected chi connectivity index (χ4v) is 1.53. The number of carbonyl (C=O) groups excluding carboxylic acids is 1. The van der Waals surface area contributed by atoms with Gasteiger partial charge in [-0.1, -0.05) is 0 Å². The highest BCUT2D eigenvalue weighted by Gasteiger charge is 2.16. The average molecular weight is 341 g/mol. The number of carbonyl (C=O) groups is 1. The SMILES string of the molecule is N#CCN(CC#N)C(=O)c1ccc(I)c(O)c1. The number of nitriles is 2. The normalized spacial score (nSPS) is 9.12. The molecule has 0 heterocycles. The number of nitrogens with zero attached hydrogens (tertiary/aromatic N) is 3. The Morgan fingerprint density at radius 3 is 2.41 bits per heavy atom. The van der Waals surface area contributed by atoms with Gasteiger partial charge in [-0.3, -0.25) is 4.79 Å². The third-order valence-corrected chi connectivity index (χ3v) is 2.92. The summed E-state index contributed by atoms with van der Waals surface area (Å²) in [5.41, 5.74) is 0.258. The van der Waals surface area contributed by atoms with Gasteiger partial charge in [0.1, 0.15) is 18.8 Å². The van der Waals surface area contributed by atoms with Crippen LogP contribution in [0.1, 0.15) is 10.4 Å². The monoisotopic (exact) mass is 341 g/mol. The van der Waals surface area contributed by atoms with Gasteiger partial charge in [0.25, 0.3) is 5.91 Å². The molecule has 0 aliphatic carbocycles. The van der Waals surface area contributed by atoms with Gasteiger partial charge in [0.05, 0.1) is 15.7 Å². The van der Waals surface area contributed by atoms with Crippen LogP contribution in [0.15, 0.2) is 18.2 Å². The Morgan fingerprint density at radius 1 is 1.35 bits per heavy atom. The molecule has 0 spiro atoms. The molecule has 86 valence electrons. The van der Waals surface area contributed by atoms with Crippen LogP contribution in [0.2, 0.25) is 0 Å². The maximum atomic E-state index is 11.9. The van der Waals surface area contributed by atoms with E-state index in [-0.39, 0.29) is 24.4 Å². The standard InChI is InChI=1S/C11H8IN3O2/c12-9-2-1-8(7-10(9)16)11(17)15(5-3-13)6-4-14/h1-2,7,16H,5-6H2. The van der Waals surface area contributed by atoms with Gasteiger partial charge in [-0.2, -0.15) is 10.5 Å². The summed E-state index contributed by atoms with van der Waals surface area (Å²) >= 11 is 1.94. The fraction of sp³-hybridized carbons (Fsp3) is 0.182. The van der Waals surface area contributed by atoms with Gasteiger partial charge in [0.2, 0.25) is 0 Å². The lowest BCUT2D eigenvalue weighted by atomic mass is 10.2. The van der Waals surface area contributed by atoms with Crippen molar-refractivity contribution in [3.63, 3.8) is 0 Å². The largest absolute Gasteiger partial charge is 0.507 e. The lowest BCUT2D eigenvalue weighted by Gasteiger charge is -2.15. The predicted octanol–water partition coefficient (Wildman–Crippen LogP) is 1.49. The lowest BCUT2D eigenvalue weighted by molar-refractivity contribution is 0.0794. The van der Waals surface area contributed by atoms with Crippen molar-refractivity contribution in [2.45, 2.75) is 0 Å². The van der Waals surface area contributed by atoms with E-state index >= 15 is 0 Å². The summed E-state index contributed by atoms with van der Waals surface area (Å²) in [7, 11) is 0. The molecule has 0 aromatic heterocycles. The molecular formula is C11H8IN3O2. The van der Waals surface area contributed by atoms with Crippen LogP contribution in [0.3, 0.4) is 0 Å². The first-order valence-electron chi connectivity index (χ1n) is 4.62. The summed E-state index contributed by atoms with van der Waals surface area (Å²) in [5, 5.41) is 26.6. The zero-order valence-electron chi connectivity index (χ0n) is 8.72. The Kier molecular flexibility index (Phi) is 4.73. The Balaban J connectivity index is 2.98. The maximum Gasteiger partial charge on any atom is 0.255 e. The molecule has 1 aromatic carbocycles. The van der Waals surface area contributed by atoms with Crippen molar-refractivity contribution in [1.29, 1.82) is 10.5 Å². The molecule has 0 aliphatic heterocycles. The van der Waals surface area contributed by atoms with E-state index in [1.54, 1.807) is 12.1 Å². The molecule has 0 saturated carbocycles. The van der Waals surface area contributed by atoms with Crippen molar-refractivity contribution in [1.82, 2.24) is 4.90 Å². The van der Waals surface area contributed by atoms with Crippen LogP contribution in [0.4, 0.5) is 0 Å². The summed E-state index contributed by atoms with van der Waals surface area (Å²) < 4.78 is 0.631. The van der Waals surface area contributed by atoms with E-state index in [2.05, 4.69) is 0 Å². The molecule has 0 unspecified atom stereocenters. The summed E-state index contributed by atoms with van der Waals surface area (Å²) in [6.07, 6.45) is 0. The van der Waals surface area contributed by atoms with Crippen molar-refractivity contribution in [2.75, 3.05) is 13.1 Å². The molecule has 1 rings (SSSR count). The number of halogens is 1. The second-order valence-corrected chi connectivity index (χ2v) is 4.31. The Morgan fingerprint density at radius 2 is 1.94 bits per heavy atom. The first-order chi connectivity index (χ1) is 8.10. The molecule has 0 fully saturated rings. The van der Waals surface area contributed by atoms with Crippen LogP contribution in [0.5, 0.6) is 5.75 Å². The molecule has 17 heavy (non-hydrogen) atoms. The quantitative estimate of drug-likeness (QED) is 0.666. The van der Waals surface area contributed by atoms with Gasteiger partial charge in [0, 0.05) is 5.56 Å². The molecule has 0 aliphatic rings. The fourth-order valence-electron chi connectivity index (χ4n) is 1.20. The van der Waals surface area contributed by atoms with Gasteiger partial charge in [-0.25, -0.2) is 0 Å². The molecule has 0 atom stereocenters. The summed E-state index contributed by atoms with van der Waals surface area (Å²) in [6.45, 7) is -0.307. The minimum atomic E-state index is -0.445. The molecule has 1 N–H and O–H groups in total. The highest BCUT2D eigenvalue weighted by atomic mass is 127. The minimum absolute atomic E-state index is 0.00492. The number of hydrogen-bond donors (Lipinski definition) is 1. The second-order valence-electron chi connectivity index (χ2n) is 3.14. The molecule has 6 heteroatoms. The van der Waals surface area contributed by atoms with Gasteiger partial charge < -0.3 is 10.0 Å². The smallest absolute Gasteiger partial charge is 0.255 e. The molecule has 1 amide bonds. The highest BCUT2D eigenvalue weighted by molar-refractivity contribution is 14.1. The Bertz CT molecular complexity index is 500. The summed E-state index contributed by atoms with van der Waals surface area (Å²) in [4.78, 5) is 13.0. The minimum Gasteiger partial charge on any atom is -0.507 e. The molecule has 0 radical (unpaired) electrons. The number of phenols is 1. The van der Waals surface area contributed by atoms with E-state index in [4.69, 9.17) is 10.5 Å². The third kappa shape index (κ3) is 3.33. The second kappa shape index (κ2) is 6.06. The van der Waals surface area contributed by atoms with Gasteiger partial charge in [0.15, 0.2) is 0 Å². The number of hydrogen-bond acceptors (Lipinski definition) is 4. The van der Waals surface area contributed by atoms with Crippen LogP contribution in [0, 0.1) is 26.2 Å². The molecular weight excluding hydrogens is 333 g/mol. The first-order valence-corrected chi connectivity index (χ1v) is 5.69. The Hall–Kier alpha value is -1.80. The highest BCUT2D eigenvalue weighted by Crippen LogP contribution is 2.21. The maximum absolute atomic E-state index is 11.9. The predicted molar refractivity (Wildman–Crippen MR) is 68.0 cm³/mol. The van der Waals surface area contributed by atoms with Gasteiger partial charge in [-0.05, 0) is 40.8 Å². The third-order valence-electron chi connectivity index (χ3n) is 2.00. The van der Waals surface area contributed by atoms with Gasteiger partial charge >= 0.3 is 0 Å². The summed E-state index contributed by atoms with van der Waals surface area (Å²) in [6, 6.07) is 8.11. The number of benzene rings is 1. The van der Waals surface area contributed by atoms with E-state index in [9.17, 15) is 9.90 Å². The van der Waals surface area contributed by atoms with Gasteiger partial charge in [-0.15, -0.1) is 0 Å². The van der Waals surface area contributed by atoms with Crippen LogP contribution in [-0.4, -0.2) is 29.0 Å². The van der Waals surface area contributed by atoms with Crippen molar-refractivity contribution in [3.05, 3.63) is 27.3 Å². The first kappa shape index (κ1) is 13.3. The number of phenolic OH excluding ortho intramolecular Hbond substituents is 1. The number of amides is 1. The van der Waals surface area contributed by atoms with Crippen molar-refractivity contribution >= 4 is 28.5 Å². The van der Waals surface area contributed by atoms with Crippen LogP contribution >= 0.6 is 22.6 Å². The topological polar surface area (TPSA) is 88.1 Å². The Labute approximate surface area is 112 Å². The zero-order valence-corrected chi connectivity index (χ0v) is 10.9. The summed E-state index contributed by atoms with van der Waals surface area (Å²) in [5.74, 6) is -0.440. The van der Waals surface area contributed by atoms with Crippen LogP contribution in [0.25, 0.3) is 0 Å².